The van der Waals surface area contributed by atoms with Gasteiger partial charge in [-0.3, -0.25) is 19.7 Å². The van der Waals surface area contributed by atoms with Gasteiger partial charge in [0.1, 0.15) is 11.3 Å². The van der Waals surface area contributed by atoms with E-state index in [1.807, 2.05) is 0 Å². The Hall–Kier alpha value is -4.86. The Balaban J connectivity index is 1.55. The molecule has 0 saturated carbocycles. The molecule has 1 aromatic heterocycles. The molecule has 10 heteroatoms. The van der Waals surface area contributed by atoms with Crippen molar-refractivity contribution in [1.82, 2.24) is 4.57 Å². The number of nitro benzene ring substituents is 1. The van der Waals surface area contributed by atoms with Crippen LogP contribution in [-0.2, 0) is 7.05 Å². The lowest BCUT2D eigenvalue weighted by molar-refractivity contribution is -0.384. The average molecular weight is 487 g/mol. The first-order chi connectivity index (χ1) is 17.3. The third kappa shape index (κ3) is 4.09. The zero-order valence-corrected chi connectivity index (χ0v) is 19.1. The van der Waals surface area contributed by atoms with Crippen LogP contribution in [0.3, 0.4) is 0 Å². The van der Waals surface area contributed by atoms with Crippen molar-refractivity contribution in [3.05, 3.63) is 98.3 Å². The number of anilines is 1. The smallest absolute Gasteiger partial charge is 0.271 e. The van der Waals surface area contributed by atoms with Gasteiger partial charge >= 0.3 is 0 Å². The highest BCUT2D eigenvalue weighted by Crippen LogP contribution is 2.37. The molecule has 0 saturated heterocycles. The second-order valence-electron chi connectivity index (χ2n) is 8.35. The second kappa shape index (κ2) is 9.06. The molecule has 2 N–H and O–H groups in total. The number of hydrogen-bond donors (Lipinski definition) is 2. The Bertz CT molecular complexity index is 1580. The third-order valence-corrected chi connectivity index (χ3v) is 6.14. The normalized spacial score (nSPS) is 12.9. The van der Waals surface area contributed by atoms with Crippen molar-refractivity contribution in [3.8, 4) is 17.2 Å². The first-order valence-corrected chi connectivity index (χ1v) is 11.1. The van der Waals surface area contributed by atoms with Gasteiger partial charge in [0.05, 0.1) is 16.5 Å². The van der Waals surface area contributed by atoms with Gasteiger partial charge in [0.2, 0.25) is 6.79 Å². The van der Waals surface area contributed by atoms with Crippen LogP contribution >= 0.6 is 0 Å². The Morgan fingerprint density at radius 3 is 2.69 bits per heavy atom. The SMILES string of the molecule is Cn1c(=O)c(C(=O)C[C@@H](Nc2cccc([N+](=O)[O-])c2)c2ccc3c(c2)OCO3)c(O)c2ccccc21. The summed E-state index contributed by atoms with van der Waals surface area (Å²) >= 11 is 0. The molecule has 0 unspecified atom stereocenters. The van der Waals surface area contributed by atoms with Gasteiger partial charge in [0.25, 0.3) is 11.2 Å². The number of para-hydroxylation sites is 1. The molecule has 0 aliphatic carbocycles. The Kier molecular flexibility index (Phi) is 5.77. The number of nitrogens with zero attached hydrogens (tertiary/aromatic N) is 2. The van der Waals surface area contributed by atoms with Gasteiger partial charge in [-0.1, -0.05) is 24.3 Å². The predicted molar refractivity (Wildman–Crippen MR) is 132 cm³/mol. The number of pyridine rings is 1. The molecule has 4 aromatic rings. The zero-order valence-electron chi connectivity index (χ0n) is 19.1. The highest BCUT2D eigenvalue weighted by Gasteiger charge is 2.26. The minimum Gasteiger partial charge on any atom is -0.506 e. The van der Waals surface area contributed by atoms with E-state index in [0.29, 0.717) is 33.7 Å². The number of carbonyl (C=O) groups is 1. The molecule has 1 aliphatic heterocycles. The predicted octanol–water partition coefficient (Wildman–Crippen LogP) is 4.31. The zero-order chi connectivity index (χ0) is 25.4. The molecule has 1 aliphatic rings. The topological polar surface area (TPSA) is 133 Å². The maximum atomic E-state index is 13.5. The summed E-state index contributed by atoms with van der Waals surface area (Å²) in [5.41, 5.74) is 0.501. The molecule has 5 rings (SSSR count). The number of aryl methyl sites for hydroxylation is 1. The summed E-state index contributed by atoms with van der Waals surface area (Å²) in [6.45, 7) is 0.0711. The van der Waals surface area contributed by atoms with E-state index < -0.39 is 22.3 Å². The number of aromatic hydroxyl groups is 1. The van der Waals surface area contributed by atoms with Crippen LogP contribution in [0.25, 0.3) is 10.9 Å². The van der Waals surface area contributed by atoms with Gasteiger partial charge in [-0.05, 0) is 35.9 Å². The van der Waals surface area contributed by atoms with E-state index in [-0.39, 0.29) is 30.2 Å². The summed E-state index contributed by atoms with van der Waals surface area (Å²) in [5.74, 6) is 0.0911. The number of rotatable bonds is 7. The van der Waals surface area contributed by atoms with Gasteiger partial charge in [0.15, 0.2) is 17.3 Å². The van der Waals surface area contributed by atoms with E-state index in [9.17, 15) is 24.8 Å². The molecular formula is C26H21N3O7. The summed E-state index contributed by atoms with van der Waals surface area (Å²) in [6.07, 6.45) is -0.219. The number of nitrogens with one attached hydrogen (secondary N) is 1. The Morgan fingerprint density at radius 1 is 1.11 bits per heavy atom. The fourth-order valence-corrected chi connectivity index (χ4v) is 4.31. The van der Waals surface area contributed by atoms with Crippen LogP contribution in [0.5, 0.6) is 17.2 Å². The summed E-state index contributed by atoms with van der Waals surface area (Å²) < 4.78 is 12.2. The third-order valence-electron chi connectivity index (χ3n) is 6.14. The number of benzene rings is 3. The van der Waals surface area contributed by atoms with E-state index in [2.05, 4.69) is 5.32 Å². The molecule has 0 amide bonds. The van der Waals surface area contributed by atoms with Gasteiger partial charge in [-0.15, -0.1) is 0 Å². The lowest BCUT2D eigenvalue weighted by Gasteiger charge is -2.21. The lowest BCUT2D eigenvalue weighted by atomic mass is 9.96. The van der Waals surface area contributed by atoms with Crippen LogP contribution in [0, 0.1) is 10.1 Å². The number of ether oxygens (including phenoxy) is 2. The first kappa shape index (κ1) is 22.9. The van der Waals surface area contributed by atoms with Crippen LogP contribution in [-0.4, -0.2) is 27.2 Å². The number of nitro groups is 1. The number of ketones is 1. The number of Topliss-reactive ketones (excluding diaryl/α,β-unsaturated/α-hetero) is 1. The molecule has 0 spiro atoms. The minimum absolute atomic E-state index is 0.0711. The number of carbonyl (C=O) groups excluding carboxylic acids is 1. The lowest BCUT2D eigenvalue weighted by Crippen LogP contribution is -2.26. The largest absolute Gasteiger partial charge is 0.506 e. The van der Waals surface area contributed by atoms with Crippen molar-refractivity contribution >= 4 is 28.1 Å². The molecule has 0 fully saturated rings. The number of non-ortho nitro benzene ring substituents is 1. The van der Waals surface area contributed by atoms with E-state index in [0.717, 1.165) is 0 Å². The molecule has 3 aromatic carbocycles. The van der Waals surface area contributed by atoms with Crippen molar-refractivity contribution < 1.29 is 24.3 Å². The highest BCUT2D eigenvalue weighted by molar-refractivity contribution is 6.03. The van der Waals surface area contributed by atoms with E-state index in [1.54, 1.807) is 48.5 Å². The fraction of sp³-hybridized carbons (Fsp3) is 0.154. The molecule has 10 nitrogen and oxygen atoms in total. The minimum atomic E-state index is -0.704. The van der Waals surface area contributed by atoms with Crippen LogP contribution < -0.4 is 20.3 Å². The molecule has 2 heterocycles. The second-order valence-corrected chi connectivity index (χ2v) is 8.35. The van der Waals surface area contributed by atoms with Crippen molar-refractivity contribution in [3.63, 3.8) is 0 Å². The van der Waals surface area contributed by atoms with Gasteiger partial charge in [0, 0.05) is 36.7 Å². The van der Waals surface area contributed by atoms with Crippen molar-refractivity contribution in [2.24, 2.45) is 7.05 Å². The summed E-state index contributed by atoms with van der Waals surface area (Å²) in [5, 5.41) is 25.6. The number of fused-ring (bicyclic) bond motifs is 2. The Morgan fingerprint density at radius 2 is 1.89 bits per heavy atom. The van der Waals surface area contributed by atoms with Crippen molar-refractivity contribution in [2.45, 2.75) is 12.5 Å². The number of hydrogen-bond acceptors (Lipinski definition) is 8. The summed E-state index contributed by atoms with van der Waals surface area (Å²) in [4.78, 5) is 37.3. The maximum Gasteiger partial charge on any atom is 0.271 e. The fourth-order valence-electron chi connectivity index (χ4n) is 4.31. The number of aromatic nitrogens is 1. The van der Waals surface area contributed by atoms with Gasteiger partial charge < -0.3 is 24.5 Å². The van der Waals surface area contributed by atoms with Crippen LogP contribution in [0.4, 0.5) is 11.4 Å². The Labute approximate surface area is 204 Å². The van der Waals surface area contributed by atoms with Crippen LogP contribution in [0.2, 0.25) is 0 Å². The van der Waals surface area contributed by atoms with Gasteiger partial charge in [-0.2, -0.15) is 0 Å². The van der Waals surface area contributed by atoms with Crippen molar-refractivity contribution in [2.75, 3.05) is 12.1 Å². The van der Waals surface area contributed by atoms with E-state index in [1.165, 1.54) is 29.8 Å². The van der Waals surface area contributed by atoms with E-state index in [4.69, 9.17) is 9.47 Å². The van der Waals surface area contributed by atoms with Crippen LogP contribution in [0.15, 0.2) is 71.5 Å². The molecule has 1 atom stereocenters. The average Bonchev–Trinajstić information content (AvgIpc) is 3.35. The summed E-state index contributed by atoms with van der Waals surface area (Å²) in [7, 11) is 1.54. The summed E-state index contributed by atoms with van der Waals surface area (Å²) in [6, 6.07) is 17.1. The molecular weight excluding hydrogens is 466 g/mol. The first-order valence-electron chi connectivity index (χ1n) is 11.1. The van der Waals surface area contributed by atoms with Crippen molar-refractivity contribution in [1.29, 1.82) is 0 Å². The van der Waals surface area contributed by atoms with Crippen LogP contribution in [0.1, 0.15) is 28.4 Å². The molecule has 0 radical (unpaired) electrons. The van der Waals surface area contributed by atoms with Gasteiger partial charge in [-0.25, -0.2) is 0 Å². The highest BCUT2D eigenvalue weighted by atomic mass is 16.7. The molecule has 0 bridgehead atoms. The maximum absolute atomic E-state index is 13.5. The monoisotopic (exact) mass is 487 g/mol. The molecule has 182 valence electrons. The molecule has 36 heavy (non-hydrogen) atoms. The quantitative estimate of drug-likeness (QED) is 0.224. The standard InChI is InChI=1S/C26H21N3O7/c1-28-20-8-3-2-7-18(20)25(31)24(26(28)32)21(30)13-19(15-9-10-22-23(11-15)36-14-35-22)27-16-5-4-6-17(12-16)29(33)34/h2-12,19,27,31H,13-14H2,1H3/t19-/m1/s1. The van der Waals surface area contributed by atoms with E-state index >= 15 is 0 Å².